The van der Waals surface area contributed by atoms with Crippen LogP contribution in [0, 0.1) is 0 Å². The monoisotopic (exact) mass is 212 g/mol. The normalized spacial score (nSPS) is 12.3. The highest BCUT2D eigenvalue weighted by atomic mass is 16.4. The Bertz CT molecular complexity index is 413. The minimum Gasteiger partial charge on any atom is -0.493 e. The molecule has 6 nitrogen and oxygen atoms in total. The standard InChI is InChI=1S/C9H12N2O4/c1-2-5(3-6(12)13)7-8(14)10-4-11-9(7)15/h4-5H,2-3H2,1H3,(H,12,13)(H2,10,11,14,15). The van der Waals surface area contributed by atoms with Crippen LogP contribution >= 0.6 is 0 Å². The average Bonchev–Trinajstić information content (AvgIpc) is 2.15. The second-order valence-corrected chi connectivity index (χ2v) is 3.17. The molecule has 1 rings (SSSR count). The van der Waals surface area contributed by atoms with Gasteiger partial charge in [-0.25, -0.2) is 4.98 Å². The molecular weight excluding hydrogens is 200 g/mol. The summed E-state index contributed by atoms with van der Waals surface area (Å²) < 4.78 is 0. The number of carboxylic acid groups (broad SMARTS) is 1. The molecule has 3 N–H and O–H groups in total. The Labute approximate surface area is 85.6 Å². The lowest BCUT2D eigenvalue weighted by Gasteiger charge is -2.11. The number of rotatable bonds is 4. The predicted octanol–water partition coefficient (Wildman–Crippen LogP) is 0.444. The lowest BCUT2D eigenvalue weighted by atomic mass is 9.95. The number of aromatic hydroxyl groups is 1. The van der Waals surface area contributed by atoms with Crippen molar-refractivity contribution in [2.75, 3.05) is 0 Å². The van der Waals surface area contributed by atoms with Gasteiger partial charge in [-0.1, -0.05) is 6.92 Å². The van der Waals surface area contributed by atoms with Gasteiger partial charge in [-0.15, -0.1) is 0 Å². The Hall–Kier alpha value is -1.85. The molecule has 1 heterocycles. The number of nitrogens with zero attached hydrogens (tertiary/aromatic N) is 1. The molecule has 0 amide bonds. The van der Waals surface area contributed by atoms with E-state index in [1.165, 1.54) is 0 Å². The van der Waals surface area contributed by atoms with Gasteiger partial charge in [0.05, 0.1) is 18.3 Å². The number of aliphatic carboxylic acids is 1. The van der Waals surface area contributed by atoms with Crippen molar-refractivity contribution >= 4 is 5.97 Å². The number of carboxylic acids is 1. The highest BCUT2D eigenvalue weighted by Gasteiger charge is 2.21. The van der Waals surface area contributed by atoms with E-state index in [9.17, 15) is 14.7 Å². The van der Waals surface area contributed by atoms with Gasteiger partial charge in [0, 0.05) is 5.92 Å². The average molecular weight is 212 g/mol. The summed E-state index contributed by atoms with van der Waals surface area (Å²) in [4.78, 5) is 27.8. The molecule has 1 aromatic rings. The maximum atomic E-state index is 11.4. The van der Waals surface area contributed by atoms with Crippen LogP contribution in [0.25, 0.3) is 0 Å². The molecule has 0 bridgehead atoms. The smallest absolute Gasteiger partial charge is 0.303 e. The molecule has 15 heavy (non-hydrogen) atoms. The zero-order valence-corrected chi connectivity index (χ0v) is 8.23. The predicted molar refractivity (Wildman–Crippen MR) is 51.8 cm³/mol. The number of carbonyl (C=O) groups is 1. The fourth-order valence-corrected chi connectivity index (χ4v) is 1.43. The first-order chi connectivity index (χ1) is 7.06. The van der Waals surface area contributed by atoms with E-state index in [4.69, 9.17) is 5.11 Å². The highest BCUT2D eigenvalue weighted by molar-refractivity contribution is 5.68. The minimum absolute atomic E-state index is 0.0439. The van der Waals surface area contributed by atoms with E-state index >= 15 is 0 Å². The zero-order chi connectivity index (χ0) is 11.4. The van der Waals surface area contributed by atoms with Gasteiger partial charge in [0.25, 0.3) is 5.56 Å². The van der Waals surface area contributed by atoms with Crippen LogP contribution in [0.2, 0.25) is 0 Å². The third-order valence-corrected chi connectivity index (χ3v) is 2.19. The first-order valence-electron chi connectivity index (χ1n) is 4.54. The van der Waals surface area contributed by atoms with E-state index in [0.717, 1.165) is 6.33 Å². The lowest BCUT2D eigenvalue weighted by Crippen LogP contribution is -2.18. The molecule has 0 saturated heterocycles. The molecule has 0 aliphatic heterocycles. The summed E-state index contributed by atoms with van der Waals surface area (Å²) in [6.45, 7) is 1.75. The summed E-state index contributed by atoms with van der Waals surface area (Å²) in [7, 11) is 0. The van der Waals surface area contributed by atoms with Gasteiger partial charge in [0.1, 0.15) is 0 Å². The van der Waals surface area contributed by atoms with Gasteiger partial charge < -0.3 is 15.2 Å². The number of H-pyrrole nitrogens is 1. The molecular formula is C9H12N2O4. The number of hydrogen-bond donors (Lipinski definition) is 3. The maximum absolute atomic E-state index is 11.4. The first-order valence-corrected chi connectivity index (χ1v) is 4.54. The molecule has 1 aromatic heterocycles. The largest absolute Gasteiger partial charge is 0.493 e. The van der Waals surface area contributed by atoms with E-state index in [1.54, 1.807) is 6.92 Å². The molecule has 82 valence electrons. The van der Waals surface area contributed by atoms with Crippen molar-refractivity contribution in [3.8, 4) is 5.88 Å². The lowest BCUT2D eigenvalue weighted by molar-refractivity contribution is -0.137. The second-order valence-electron chi connectivity index (χ2n) is 3.17. The summed E-state index contributed by atoms with van der Waals surface area (Å²) in [5.41, 5.74) is -0.446. The number of hydrogen-bond acceptors (Lipinski definition) is 4. The van der Waals surface area contributed by atoms with E-state index in [1.807, 2.05) is 0 Å². The molecule has 0 aliphatic carbocycles. The third-order valence-electron chi connectivity index (χ3n) is 2.19. The maximum Gasteiger partial charge on any atom is 0.303 e. The Morgan fingerprint density at radius 2 is 2.33 bits per heavy atom. The fourth-order valence-electron chi connectivity index (χ4n) is 1.43. The Morgan fingerprint density at radius 1 is 1.67 bits per heavy atom. The van der Waals surface area contributed by atoms with Crippen molar-refractivity contribution < 1.29 is 15.0 Å². The number of aromatic nitrogens is 2. The SMILES string of the molecule is CCC(CC(=O)O)c1c(O)nc[nH]c1=O. The van der Waals surface area contributed by atoms with Gasteiger partial charge in [-0.3, -0.25) is 9.59 Å². The van der Waals surface area contributed by atoms with Crippen LogP contribution in [-0.2, 0) is 4.79 Å². The van der Waals surface area contributed by atoms with E-state index in [-0.39, 0.29) is 12.0 Å². The molecule has 0 aromatic carbocycles. The molecule has 0 spiro atoms. The van der Waals surface area contributed by atoms with Crippen LogP contribution in [0.4, 0.5) is 0 Å². The van der Waals surface area contributed by atoms with Crippen LogP contribution in [0.5, 0.6) is 5.88 Å². The van der Waals surface area contributed by atoms with Crippen LogP contribution in [0.3, 0.4) is 0 Å². The van der Waals surface area contributed by atoms with Crippen molar-refractivity contribution in [3.05, 3.63) is 22.2 Å². The minimum atomic E-state index is -1.01. The molecule has 0 saturated carbocycles. The quantitative estimate of drug-likeness (QED) is 0.672. The fraction of sp³-hybridized carbons (Fsp3) is 0.444. The number of nitrogens with one attached hydrogen (secondary N) is 1. The first kappa shape index (κ1) is 11.2. The van der Waals surface area contributed by atoms with Gasteiger partial charge >= 0.3 is 5.97 Å². The van der Waals surface area contributed by atoms with Gasteiger partial charge in [-0.05, 0) is 6.42 Å². The summed E-state index contributed by atoms with van der Waals surface area (Å²) in [5.74, 6) is -1.92. The molecule has 0 radical (unpaired) electrons. The number of aromatic amines is 1. The van der Waals surface area contributed by atoms with Crippen LogP contribution < -0.4 is 5.56 Å². The van der Waals surface area contributed by atoms with Gasteiger partial charge in [0.15, 0.2) is 0 Å². The van der Waals surface area contributed by atoms with Crippen LogP contribution in [0.1, 0.15) is 31.2 Å². The Balaban J connectivity index is 3.11. The van der Waals surface area contributed by atoms with E-state index in [0.29, 0.717) is 6.42 Å². The van der Waals surface area contributed by atoms with Gasteiger partial charge in [0.2, 0.25) is 5.88 Å². The van der Waals surface area contributed by atoms with E-state index < -0.39 is 23.3 Å². The summed E-state index contributed by atoms with van der Waals surface area (Å²) >= 11 is 0. The van der Waals surface area contributed by atoms with Crippen molar-refractivity contribution in [2.45, 2.75) is 25.7 Å². The van der Waals surface area contributed by atoms with Crippen molar-refractivity contribution in [1.29, 1.82) is 0 Å². The van der Waals surface area contributed by atoms with Gasteiger partial charge in [-0.2, -0.15) is 0 Å². The second kappa shape index (κ2) is 4.59. The Morgan fingerprint density at radius 3 is 2.80 bits per heavy atom. The molecule has 0 fully saturated rings. The third kappa shape index (κ3) is 2.55. The van der Waals surface area contributed by atoms with E-state index in [2.05, 4.69) is 9.97 Å². The molecule has 0 aliphatic rings. The molecule has 1 unspecified atom stereocenters. The molecule has 1 atom stereocenters. The van der Waals surface area contributed by atoms with Crippen molar-refractivity contribution in [3.63, 3.8) is 0 Å². The van der Waals surface area contributed by atoms with Crippen molar-refractivity contribution in [2.24, 2.45) is 0 Å². The summed E-state index contributed by atoms with van der Waals surface area (Å²) in [6, 6.07) is 0. The van der Waals surface area contributed by atoms with Crippen LogP contribution in [0.15, 0.2) is 11.1 Å². The summed E-state index contributed by atoms with van der Waals surface area (Å²) in [6.07, 6.45) is 1.34. The molecule has 6 heteroatoms. The topological polar surface area (TPSA) is 103 Å². The van der Waals surface area contributed by atoms with Crippen molar-refractivity contribution in [1.82, 2.24) is 9.97 Å². The Kier molecular flexibility index (Phi) is 3.43. The highest BCUT2D eigenvalue weighted by Crippen LogP contribution is 2.25. The zero-order valence-electron chi connectivity index (χ0n) is 8.23. The summed E-state index contributed by atoms with van der Waals surface area (Å²) in [5, 5.41) is 18.0. The van der Waals surface area contributed by atoms with Crippen LogP contribution in [-0.4, -0.2) is 26.2 Å².